The summed E-state index contributed by atoms with van der Waals surface area (Å²) in [5.74, 6) is 5.30. The van der Waals surface area contributed by atoms with E-state index < -0.39 is 0 Å². The second-order valence-electron chi connectivity index (χ2n) is 2.68. The summed E-state index contributed by atoms with van der Waals surface area (Å²) >= 11 is 7.48. The van der Waals surface area contributed by atoms with Crippen molar-refractivity contribution in [2.24, 2.45) is 5.84 Å². The predicted molar refractivity (Wildman–Crippen MR) is 60.4 cm³/mol. The fourth-order valence-electron chi connectivity index (χ4n) is 1.14. The van der Waals surface area contributed by atoms with Crippen LogP contribution in [0.1, 0.15) is 0 Å². The molecular weight excluding hydrogens is 218 g/mol. The minimum absolute atomic E-state index is 0.742. The quantitative estimate of drug-likeness (QED) is 0.611. The Morgan fingerprint density at radius 2 is 2.29 bits per heavy atom. The summed E-state index contributed by atoms with van der Waals surface area (Å²) in [6.07, 6.45) is 1.69. The maximum absolute atomic E-state index is 6.00. The van der Waals surface area contributed by atoms with Gasteiger partial charge in [-0.1, -0.05) is 11.6 Å². The molecule has 0 aromatic carbocycles. The van der Waals surface area contributed by atoms with Gasteiger partial charge in [0.2, 0.25) is 0 Å². The van der Waals surface area contributed by atoms with Gasteiger partial charge in [-0.05, 0) is 23.6 Å². The van der Waals surface area contributed by atoms with Gasteiger partial charge >= 0.3 is 0 Å². The fraction of sp³-hybridized carbons (Fsp3) is 0. The molecule has 0 unspecified atom stereocenters. The molecule has 2 heterocycles. The van der Waals surface area contributed by atoms with Crippen LogP contribution in [0.2, 0.25) is 4.34 Å². The standard InChI is InChI=1S/C9H8ClN3S/c10-9-7(2-4-14-9)8-5-6(13-11)1-3-12-8/h1-5H,11H2,(H,12,13). The molecule has 0 fully saturated rings. The SMILES string of the molecule is NNc1ccnc(-c2ccsc2Cl)c1. The van der Waals surface area contributed by atoms with E-state index in [4.69, 9.17) is 17.4 Å². The smallest absolute Gasteiger partial charge is 0.102 e. The third kappa shape index (κ3) is 1.72. The van der Waals surface area contributed by atoms with Crippen molar-refractivity contribution >= 4 is 28.6 Å². The maximum atomic E-state index is 6.00. The number of aromatic nitrogens is 1. The zero-order valence-corrected chi connectivity index (χ0v) is 8.77. The summed E-state index contributed by atoms with van der Waals surface area (Å²) in [6.45, 7) is 0. The third-order valence-corrected chi connectivity index (χ3v) is 2.99. The summed E-state index contributed by atoms with van der Waals surface area (Å²) in [4.78, 5) is 4.22. The van der Waals surface area contributed by atoms with Crippen LogP contribution in [-0.4, -0.2) is 4.98 Å². The van der Waals surface area contributed by atoms with Gasteiger partial charge in [-0.15, -0.1) is 11.3 Å². The Morgan fingerprint density at radius 3 is 2.93 bits per heavy atom. The number of nitrogens with zero attached hydrogens (tertiary/aromatic N) is 1. The molecule has 0 aliphatic carbocycles. The lowest BCUT2D eigenvalue weighted by molar-refractivity contribution is 1.29. The van der Waals surface area contributed by atoms with Crippen LogP contribution >= 0.6 is 22.9 Å². The Bertz CT molecular complexity index is 441. The molecule has 0 saturated heterocycles. The van der Waals surface area contributed by atoms with Gasteiger partial charge in [-0.2, -0.15) is 0 Å². The molecule has 0 saturated carbocycles. The van der Waals surface area contributed by atoms with Crippen molar-refractivity contribution in [1.82, 2.24) is 4.98 Å². The number of thiophene rings is 1. The predicted octanol–water partition coefficient (Wildman–Crippen LogP) is 2.75. The normalized spacial score (nSPS) is 10.1. The first-order chi connectivity index (χ1) is 6.81. The van der Waals surface area contributed by atoms with Crippen molar-refractivity contribution in [3.8, 4) is 11.3 Å². The van der Waals surface area contributed by atoms with Gasteiger partial charge in [0.05, 0.1) is 11.4 Å². The average Bonchev–Trinajstić information content (AvgIpc) is 2.65. The second-order valence-corrected chi connectivity index (χ2v) is 4.20. The largest absolute Gasteiger partial charge is 0.324 e. The molecule has 0 bridgehead atoms. The topological polar surface area (TPSA) is 50.9 Å². The molecule has 0 radical (unpaired) electrons. The molecule has 5 heteroatoms. The lowest BCUT2D eigenvalue weighted by atomic mass is 10.2. The summed E-state index contributed by atoms with van der Waals surface area (Å²) in [6, 6.07) is 5.59. The van der Waals surface area contributed by atoms with Gasteiger partial charge < -0.3 is 5.43 Å². The van der Waals surface area contributed by atoms with Crippen LogP contribution in [0.3, 0.4) is 0 Å². The minimum atomic E-state index is 0.742. The lowest BCUT2D eigenvalue weighted by Gasteiger charge is -2.02. The molecular formula is C9H8ClN3S. The molecule has 0 atom stereocenters. The number of nitrogens with one attached hydrogen (secondary N) is 1. The highest BCUT2D eigenvalue weighted by atomic mass is 35.5. The van der Waals surface area contributed by atoms with Crippen molar-refractivity contribution in [2.45, 2.75) is 0 Å². The number of hydrogen-bond donors (Lipinski definition) is 2. The molecule has 0 aliphatic rings. The fourth-order valence-corrected chi connectivity index (χ4v) is 2.08. The van der Waals surface area contributed by atoms with Crippen molar-refractivity contribution in [3.63, 3.8) is 0 Å². The van der Waals surface area contributed by atoms with Crippen LogP contribution in [0.5, 0.6) is 0 Å². The van der Waals surface area contributed by atoms with Gasteiger partial charge in [-0.3, -0.25) is 10.8 Å². The first-order valence-electron chi connectivity index (χ1n) is 3.97. The minimum Gasteiger partial charge on any atom is -0.324 e. The van der Waals surface area contributed by atoms with E-state index in [0.717, 1.165) is 21.3 Å². The number of nitrogen functional groups attached to an aromatic ring is 1. The molecule has 0 amide bonds. The van der Waals surface area contributed by atoms with E-state index in [-0.39, 0.29) is 0 Å². The Hall–Kier alpha value is -1.10. The van der Waals surface area contributed by atoms with Gasteiger partial charge in [-0.25, -0.2) is 0 Å². The van der Waals surface area contributed by atoms with Crippen LogP contribution in [0, 0.1) is 0 Å². The molecule has 2 aromatic heterocycles. The second kappa shape index (κ2) is 3.96. The highest BCUT2D eigenvalue weighted by Crippen LogP contribution is 2.31. The zero-order valence-electron chi connectivity index (χ0n) is 7.20. The van der Waals surface area contributed by atoms with Crippen LogP contribution in [0.15, 0.2) is 29.8 Å². The first kappa shape index (κ1) is 9.45. The average molecular weight is 226 g/mol. The van der Waals surface area contributed by atoms with E-state index in [1.165, 1.54) is 11.3 Å². The number of nitrogens with two attached hydrogens (primary N) is 1. The Kier molecular flexibility index (Phi) is 2.67. The van der Waals surface area contributed by atoms with E-state index in [1.807, 2.05) is 17.5 Å². The van der Waals surface area contributed by atoms with E-state index >= 15 is 0 Å². The monoisotopic (exact) mass is 225 g/mol. The number of pyridine rings is 1. The third-order valence-electron chi connectivity index (χ3n) is 1.82. The number of hydrazine groups is 1. The maximum Gasteiger partial charge on any atom is 0.102 e. The zero-order chi connectivity index (χ0) is 9.97. The van der Waals surface area contributed by atoms with E-state index in [0.29, 0.717) is 0 Å². The van der Waals surface area contributed by atoms with Gasteiger partial charge in [0, 0.05) is 11.8 Å². The van der Waals surface area contributed by atoms with E-state index in [9.17, 15) is 0 Å². The summed E-state index contributed by atoms with van der Waals surface area (Å²) in [5.41, 5.74) is 5.15. The van der Waals surface area contributed by atoms with E-state index in [2.05, 4.69) is 10.4 Å². The molecule has 0 spiro atoms. The molecule has 14 heavy (non-hydrogen) atoms. The Balaban J connectivity index is 2.47. The van der Waals surface area contributed by atoms with Crippen LogP contribution < -0.4 is 11.3 Å². The highest BCUT2D eigenvalue weighted by molar-refractivity contribution is 7.15. The molecule has 3 N–H and O–H groups in total. The van der Waals surface area contributed by atoms with E-state index in [1.54, 1.807) is 12.3 Å². The molecule has 0 aliphatic heterocycles. The Morgan fingerprint density at radius 1 is 1.43 bits per heavy atom. The van der Waals surface area contributed by atoms with Crippen LogP contribution in [0.4, 0.5) is 5.69 Å². The molecule has 2 rings (SSSR count). The number of rotatable bonds is 2. The first-order valence-corrected chi connectivity index (χ1v) is 5.23. The highest BCUT2D eigenvalue weighted by Gasteiger charge is 2.05. The Labute approximate surface area is 90.5 Å². The van der Waals surface area contributed by atoms with Crippen molar-refractivity contribution in [3.05, 3.63) is 34.1 Å². The summed E-state index contributed by atoms with van der Waals surface area (Å²) in [5, 5.41) is 1.93. The van der Waals surface area contributed by atoms with Gasteiger partial charge in [0.1, 0.15) is 4.34 Å². The molecule has 3 nitrogen and oxygen atoms in total. The summed E-state index contributed by atoms with van der Waals surface area (Å²) in [7, 11) is 0. The van der Waals surface area contributed by atoms with Crippen molar-refractivity contribution in [1.29, 1.82) is 0 Å². The van der Waals surface area contributed by atoms with Gasteiger partial charge in [0.25, 0.3) is 0 Å². The molecule has 72 valence electrons. The summed E-state index contributed by atoms with van der Waals surface area (Å²) < 4.78 is 0.742. The molecule has 2 aromatic rings. The number of hydrogen-bond acceptors (Lipinski definition) is 4. The van der Waals surface area contributed by atoms with Crippen LogP contribution in [0.25, 0.3) is 11.3 Å². The van der Waals surface area contributed by atoms with Crippen LogP contribution in [-0.2, 0) is 0 Å². The number of anilines is 1. The van der Waals surface area contributed by atoms with Crippen molar-refractivity contribution in [2.75, 3.05) is 5.43 Å². The van der Waals surface area contributed by atoms with Gasteiger partial charge in [0.15, 0.2) is 0 Å². The van der Waals surface area contributed by atoms with Crippen molar-refractivity contribution < 1.29 is 0 Å². The number of halogens is 1. The lowest BCUT2D eigenvalue weighted by Crippen LogP contribution is -2.06.